The van der Waals surface area contributed by atoms with Crippen molar-refractivity contribution in [3.05, 3.63) is 109 Å². The lowest BCUT2D eigenvalue weighted by Crippen LogP contribution is -2.37. The van der Waals surface area contributed by atoms with Gasteiger partial charge in [0, 0.05) is 12.8 Å². The highest BCUT2D eigenvalue weighted by molar-refractivity contribution is 7.45. The number of hydrogen-bond acceptors (Lipinski definition) is 8. The van der Waals surface area contributed by atoms with Crippen LogP contribution in [0.4, 0.5) is 0 Å². The number of esters is 2. The van der Waals surface area contributed by atoms with Crippen molar-refractivity contribution in [1.29, 1.82) is 0 Å². The first kappa shape index (κ1) is 70.7. The minimum atomic E-state index is -4.65. The molecule has 9 nitrogen and oxygen atoms in total. The van der Waals surface area contributed by atoms with Crippen LogP contribution >= 0.6 is 7.82 Å². The zero-order valence-electron chi connectivity index (χ0n) is 48.0. The summed E-state index contributed by atoms with van der Waals surface area (Å²) >= 11 is 0. The normalized spacial score (nSPS) is 14.1. The average Bonchev–Trinajstić information content (AvgIpc) is 3.36. The van der Waals surface area contributed by atoms with Crippen LogP contribution in [0.1, 0.15) is 232 Å². The largest absolute Gasteiger partial charge is 0.756 e. The molecular formula is C64H110NO8P. The second-order valence-electron chi connectivity index (χ2n) is 20.6. The summed E-state index contributed by atoms with van der Waals surface area (Å²) < 4.78 is 34.2. The second kappa shape index (κ2) is 54.5. The fourth-order valence-corrected chi connectivity index (χ4v) is 8.52. The predicted octanol–water partition coefficient (Wildman–Crippen LogP) is 18.0. The maximum Gasteiger partial charge on any atom is 0.306 e. The number of quaternary nitrogens is 1. The Kier molecular flexibility index (Phi) is 52.0. The Morgan fingerprint density at radius 2 is 0.730 bits per heavy atom. The van der Waals surface area contributed by atoms with Gasteiger partial charge in [0.1, 0.15) is 19.8 Å². The van der Waals surface area contributed by atoms with E-state index in [0.29, 0.717) is 17.4 Å². The quantitative estimate of drug-likeness (QED) is 0.0195. The van der Waals surface area contributed by atoms with Crippen LogP contribution < -0.4 is 4.89 Å². The highest BCUT2D eigenvalue weighted by atomic mass is 31.2. The summed E-state index contributed by atoms with van der Waals surface area (Å²) in [6, 6.07) is 0. The van der Waals surface area contributed by atoms with Gasteiger partial charge in [0.25, 0.3) is 7.82 Å². The highest BCUT2D eigenvalue weighted by Crippen LogP contribution is 2.38. The maximum absolute atomic E-state index is 12.8. The SMILES string of the molecule is CC/C=C\C/C=C\C/C=C\C/C=C\C/C=C\CCCCCCCC(=O)OC(COC(=O)CCCCCCCCCCCCCCCCCC/C=C\C/C=C\C/C=C\C/C=C\CC)COP(=O)([O-])OCC[N+](C)(C)C. The van der Waals surface area contributed by atoms with Crippen LogP contribution in [0, 0.1) is 0 Å². The summed E-state index contributed by atoms with van der Waals surface area (Å²) in [6.45, 7) is 3.99. The van der Waals surface area contributed by atoms with Gasteiger partial charge >= 0.3 is 11.9 Å². The average molecular weight is 1050 g/mol. The van der Waals surface area contributed by atoms with Crippen molar-refractivity contribution >= 4 is 19.8 Å². The van der Waals surface area contributed by atoms with E-state index >= 15 is 0 Å². The summed E-state index contributed by atoms with van der Waals surface area (Å²) in [5, 5.41) is 0. The molecular weight excluding hydrogens is 942 g/mol. The van der Waals surface area contributed by atoms with Gasteiger partial charge in [-0.05, 0) is 96.3 Å². The Bertz CT molecular complexity index is 1620. The zero-order chi connectivity index (χ0) is 54.2. The molecule has 0 amide bonds. The molecule has 0 fully saturated rings. The van der Waals surface area contributed by atoms with Gasteiger partial charge < -0.3 is 27.9 Å². The number of ether oxygens (including phenoxy) is 2. The molecule has 0 aliphatic heterocycles. The lowest BCUT2D eigenvalue weighted by Gasteiger charge is -2.28. The monoisotopic (exact) mass is 1050 g/mol. The number of phosphoric acid groups is 1. The summed E-state index contributed by atoms with van der Waals surface area (Å²) in [5.74, 6) is -0.858. The molecule has 0 aromatic heterocycles. The Balaban J connectivity index is 4.16. The number of carbonyl (C=O) groups excluding carboxylic acids is 2. The fraction of sp³-hybridized carbons (Fsp3) is 0.688. The van der Waals surface area contributed by atoms with Crippen molar-refractivity contribution in [2.45, 2.75) is 238 Å². The third-order valence-corrected chi connectivity index (χ3v) is 13.3. The first-order valence-corrected chi connectivity index (χ1v) is 31.1. The molecule has 74 heavy (non-hydrogen) atoms. The minimum absolute atomic E-state index is 0.0398. The van der Waals surface area contributed by atoms with Crippen LogP contribution in [0.15, 0.2) is 109 Å². The second-order valence-corrected chi connectivity index (χ2v) is 22.0. The van der Waals surface area contributed by atoms with Crippen LogP contribution in [0.5, 0.6) is 0 Å². The van der Waals surface area contributed by atoms with Gasteiger partial charge in [0.2, 0.25) is 0 Å². The summed E-state index contributed by atoms with van der Waals surface area (Å²) in [6.07, 6.45) is 75.6. The lowest BCUT2D eigenvalue weighted by atomic mass is 10.0. The van der Waals surface area contributed by atoms with E-state index in [4.69, 9.17) is 18.5 Å². The molecule has 424 valence electrons. The van der Waals surface area contributed by atoms with Gasteiger partial charge in [0.15, 0.2) is 6.10 Å². The Hall–Kier alpha value is -3.33. The van der Waals surface area contributed by atoms with Gasteiger partial charge in [-0.25, -0.2) is 0 Å². The van der Waals surface area contributed by atoms with E-state index in [1.165, 1.54) is 89.9 Å². The standard InChI is InChI=1S/C64H110NO8P/c1-6-8-10-12-14-16-18-20-22-24-26-28-29-30-31-32-33-34-35-37-38-40-42-44-46-48-50-52-54-56-63(66)70-60-62(61-72-74(68,69)71-59-58-65(3,4)5)73-64(67)57-55-53-51-49-47-45-43-41-39-36-27-25-23-21-19-17-15-13-11-9-7-2/h8-11,14-17,20-23,26-28,36,41,43,62H,6-7,12-13,18-19,24-25,29-35,37-40,42,44-61H2,1-5H3/b10-8-,11-9-,16-14-,17-15-,22-20-,23-21-,28-26-,36-27-,43-41-. The number of phosphoric ester groups is 1. The molecule has 0 heterocycles. The van der Waals surface area contributed by atoms with Gasteiger partial charge in [-0.15, -0.1) is 0 Å². The molecule has 10 heteroatoms. The third kappa shape index (κ3) is 57.9. The van der Waals surface area contributed by atoms with Crippen molar-refractivity contribution in [1.82, 2.24) is 0 Å². The smallest absolute Gasteiger partial charge is 0.306 e. The summed E-state index contributed by atoms with van der Waals surface area (Å²) in [4.78, 5) is 37.9. The van der Waals surface area contributed by atoms with Crippen LogP contribution in [0.2, 0.25) is 0 Å². The third-order valence-electron chi connectivity index (χ3n) is 12.3. The Morgan fingerprint density at radius 3 is 1.08 bits per heavy atom. The van der Waals surface area contributed by atoms with Gasteiger partial charge in [-0.3, -0.25) is 14.2 Å². The van der Waals surface area contributed by atoms with E-state index in [1.807, 2.05) is 21.1 Å². The molecule has 0 bridgehead atoms. The number of unbranched alkanes of at least 4 members (excludes halogenated alkanes) is 21. The van der Waals surface area contributed by atoms with Gasteiger partial charge in [-0.1, -0.05) is 232 Å². The minimum Gasteiger partial charge on any atom is -0.756 e. The highest BCUT2D eigenvalue weighted by Gasteiger charge is 2.21. The first-order chi connectivity index (χ1) is 36.0. The molecule has 2 unspecified atom stereocenters. The van der Waals surface area contributed by atoms with Crippen molar-refractivity contribution in [2.24, 2.45) is 0 Å². The molecule has 0 aliphatic carbocycles. The van der Waals surface area contributed by atoms with Crippen LogP contribution in [-0.2, 0) is 32.7 Å². The predicted molar refractivity (Wildman–Crippen MR) is 314 cm³/mol. The van der Waals surface area contributed by atoms with E-state index in [9.17, 15) is 19.0 Å². The Labute approximate surface area is 455 Å². The fourth-order valence-electron chi connectivity index (χ4n) is 7.79. The number of carbonyl (C=O) groups is 2. The van der Waals surface area contributed by atoms with Gasteiger partial charge in [0.05, 0.1) is 27.7 Å². The van der Waals surface area contributed by atoms with E-state index in [2.05, 4.69) is 123 Å². The maximum atomic E-state index is 12.8. The van der Waals surface area contributed by atoms with E-state index < -0.39 is 32.5 Å². The van der Waals surface area contributed by atoms with Crippen molar-refractivity contribution in [3.8, 4) is 0 Å². The number of allylic oxidation sites excluding steroid dienone is 18. The number of hydrogen-bond donors (Lipinski definition) is 0. The topological polar surface area (TPSA) is 111 Å². The van der Waals surface area contributed by atoms with Crippen LogP contribution in [0.25, 0.3) is 0 Å². The molecule has 0 spiro atoms. The molecule has 0 aromatic carbocycles. The molecule has 0 radical (unpaired) electrons. The summed E-state index contributed by atoms with van der Waals surface area (Å²) in [5.41, 5.74) is 0. The zero-order valence-corrected chi connectivity index (χ0v) is 48.9. The number of rotatable bonds is 53. The lowest BCUT2D eigenvalue weighted by molar-refractivity contribution is -0.870. The summed E-state index contributed by atoms with van der Waals surface area (Å²) in [7, 11) is 1.14. The first-order valence-electron chi connectivity index (χ1n) is 29.6. The van der Waals surface area contributed by atoms with Gasteiger partial charge in [-0.2, -0.15) is 0 Å². The van der Waals surface area contributed by atoms with Crippen LogP contribution in [-0.4, -0.2) is 70.0 Å². The molecule has 0 aliphatic rings. The van der Waals surface area contributed by atoms with Crippen LogP contribution in [0.3, 0.4) is 0 Å². The van der Waals surface area contributed by atoms with E-state index in [-0.39, 0.29) is 26.1 Å². The van der Waals surface area contributed by atoms with Crippen molar-refractivity contribution < 1.29 is 42.1 Å². The van der Waals surface area contributed by atoms with E-state index in [1.54, 1.807) is 0 Å². The molecule has 0 rings (SSSR count). The molecule has 2 atom stereocenters. The molecule has 0 aromatic rings. The molecule has 0 saturated carbocycles. The number of nitrogens with zero attached hydrogens (tertiary/aromatic N) is 1. The molecule has 0 saturated heterocycles. The van der Waals surface area contributed by atoms with Crippen molar-refractivity contribution in [3.63, 3.8) is 0 Å². The van der Waals surface area contributed by atoms with E-state index in [0.717, 1.165) is 109 Å². The molecule has 0 N–H and O–H groups in total. The Morgan fingerprint density at radius 1 is 0.419 bits per heavy atom. The number of likely N-dealkylation sites (N-methyl/N-ethyl adjacent to an activating group) is 1. The van der Waals surface area contributed by atoms with Crippen molar-refractivity contribution in [2.75, 3.05) is 47.5 Å².